The van der Waals surface area contributed by atoms with Crippen LogP contribution < -0.4 is 9.97 Å². The van der Waals surface area contributed by atoms with Crippen LogP contribution in [0.5, 0.6) is 0 Å². The first-order chi connectivity index (χ1) is 38.7. The van der Waals surface area contributed by atoms with E-state index in [0.717, 1.165) is 100 Å². The number of rotatable bonds is 7. The molecule has 0 spiro atoms. The Hall–Kier alpha value is -7.21. The monoisotopic (exact) mass is 1160 g/mol. The molecule has 8 bridgehead atoms. The maximum atomic E-state index is 12.6. The van der Waals surface area contributed by atoms with Gasteiger partial charge in [0.2, 0.25) is 0 Å². The quantitative estimate of drug-likeness (QED) is 0.117. The molecule has 5 heterocycles. The molecule has 6 nitrogen and oxygen atoms in total. The summed E-state index contributed by atoms with van der Waals surface area (Å²) in [4.78, 5) is 35.6. The second-order valence-corrected chi connectivity index (χ2v) is 29.1. The number of aromatic nitrogens is 4. The maximum absolute atomic E-state index is 12.6. The van der Waals surface area contributed by atoms with Gasteiger partial charge < -0.3 is 14.7 Å². The zero-order chi connectivity index (χ0) is 59.9. The van der Waals surface area contributed by atoms with Gasteiger partial charge in [-0.2, -0.15) is 0 Å². The van der Waals surface area contributed by atoms with E-state index in [1.165, 1.54) is 33.4 Å². The minimum Gasteiger partial charge on any atom is -0.657 e. The number of fused-ring (bicyclic) bond motifs is 8. The first kappa shape index (κ1) is 61.4. The number of esters is 1. The largest absolute Gasteiger partial charge is 2.00 e. The number of hydrogen-bond acceptors (Lipinski definition) is 4. The number of carbonyl (C=O) groups excluding carboxylic acids is 1. The van der Waals surface area contributed by atoms with Crippen molar-refractivity contribution in [2.45, 2.75) is 164 Å². The molecule has 8 aromatic rings. The molecule has 0 fully saturated rings. The molecule has 0 N–H and O–H groups in total. The molecular formula is C77H84N4O2Zn. The second-order valence-electron chi connectivity index (χ2n) is 29.1. The van der Waals surface area contributed by atoms with Crippen molar-refractivity contribution in [3.63, 3.8) is 0 Å². The molecular weight excluding hydrogens is 1080 g/mol. The van der Waals surface area contributed by atoms with E-state index in [-0.39, 0.29) is 57.9 Å². The number of ether oxygens (including phenoxy) is 1. The van der Waals surface area contributed by atoms with Gasteiger partial charge in [0, 0.05) is 0 Å². The average Bonchev–Trinajstić information content (AvgIpc) is 4.37. The van der Waals surface area contributed by atoms with Gasteiger partial charge in [-0.1, -0.05) is 240 Å². The van der Waals surface area contributed by atoms with Crippen LogP contribution in [-0.4, -0.2) is 22.5 Å². The summed E-state index contributed by atoms with van der Waals surface area (Å²) in [5, 5.41) is 0. The zero-order valence-electron chi connectivity index (χ0n) is 53.5. The van der Waals surface area contributed by atoms with Crippen molar-refractivity contribution in [2.75, 3.05) is 6.61 Å². The van der Waals surface area contributed by atoms with Gasteiger partial charge in [-0.25, -0.2) is 14.8 Å². The van der Waals surface area contributed by atoms with Gasteiger partial charge in [-0.3, -0.25) is 0 Å². The van der Waals surface area contributed by atoms with Gasteiger partial charge in [0.1, 0.15) is 0 Å². The van der Waals surface area contributed by atoms with Crippen LogP contribution in [0.4, 0.5) is 0 Å². The first-order valence-electron chi connectivity index (χ1n) is 29.7. The van der Waals surface area contributed by atoms with Crippen LogP contribution in [0.3, 0.4) is 0 Å². The van der Waals surface area contributed by atoms with Crippen molar-refractivity contribution in [1.82, 2.24) is 19.9 Å². The normalized spacial score (nSPS) is 13.1. The minimum atomic E-state index is -0.327. The van der Waals surface area contributed by atoms with E-state index >= 15 is 0 Å². The van der Waals surface area contributed by atoms with Crippen LogP contribution in [0.2, 0.25) is 0 Å². The van der Waals surface area contributed by atoms with E-state index in [1.54, 1.807) is 0 Å². The molecule has 7 heteroatoms. The van der Waals surface area contributed by atoms with Crippen LogP contribution in [0, 0.1) is 0 Å². The second kappa shape index (κ2) is 22.3. The molecule has 84 heavy (non-hydrogen) atoms. The Kier molecular flexibility index (Phi) is 16.3. The van der Waals surface area contributed by atoms with Gasteiger partial charge >= 0.3 is 25.4 Å². The van der Waals surface area contributed by atoms with Crippen LogP contribution in [0.1, 0.15) is 198 Å². The Morgan fingerprint density at radius 3 is 0.833 bits per heavy atom. The Bertz CT molecular complexity index is 3910. The SMILES string of the molecule is CCOC(=O)c1ccc(-c2ccc(-c3c4nc(c(-c5cc(C(C)(C)C)cc(C(C)(C)C)c5)c5ccc([n-]5)c(-c5cc(C(C)(C)C)cc(C(C)(C)C)c5)c5nc(c(-c6cc(C(C)(C)C)cc(C(C)(C)C)c6)c6ccc3[n-]6)C=C5)C=C4)cc2)cc1.[Zn+2]. The van der Waals surface area contributed by atoms with E-state index in [1.807, 2.05) is 31.2 Å². The van der Waals surface area contributed by atoms with Gasteiger partial charge in [0.25, 0.3) is 0 Å². The third-order valence-electron chi connectivity index (χ3n) is 16.4. The number of carbonyl (C=O) groups is 1. The molecule has 426 valence electrons. The summed E-state index contributed by atoms with van der Waals surface area (Å²) < 4.78 is 5.29. The molecule has 0 radical (unpaired) electrons. The smallest absolute Gasteiger partial charge is 0.657 e. The Labute approximate surface area is 513 Å². The van der Waals surface area contributed by atoms with Crippen molar-refractivity contribution in [2.24, 2.45) is 0 Å². The molecule has 0 unspecified atom stereocenters. The van der Waals surface area contributed by atoms with Crippen molar-refractivity contribution in [3.8, 4) is 55.6 Å². The fourth-order valence-electron chi connectivity index (χ4n) is 11.0. The molecule has 0 saturated carbocycles. The van der Waals surface area contributed by atoms with Gasteiger partial charge in [-0.05, 0) is 165 Å². The van der Waals surface area contributed by atoms with E-state index in [2.05, 4.69) is 252 Å². The van der Waals surface area contributed by atoms with Crippen molar-refractivity contribution in [1.29, 1.82) is 0 Å². The summed E-state index contributed by atoms with van der Waals surface area (Å²) in [6, 6.07) is 46.2. The van der Waals surface area contributed by atoms with Crippen molar-refractivity contribution >= 4 is 52.3 Å². The average molecular weight is 1160 g/mol. The molecule has 10 rings (SSSR count). The number of nitrogens with zero attached hydrogens (tertiary/aromatic N) is 4. The van der Waals surface area contributed by atoms with Crippen LogP contribution >= 0.6 is 0 Å². The minimum absolute atomic E-state index is 0. The van der Waals surface area contributed by atoms with E-state index in [4.69, 9.17) is 24.7 Å². The summed E-state index contributed by atoms with van der Waals surface area (Å²) in [6.45, 7) is 43.4. The Morgan fingerprint density at radius 2 is 0.583 bits per heavy atom. The van der Waals surface area contributed by atoms with E-state index < -0.39 is 0 Å². The van der Waals surface area contributed by atoms with E-state index in [9.17, 15) is 4.79 Å². The predicted molar refractivity (Wildman–Crippen MR) is 352 cm³/mol. The number of benzene rings is 5. The third kappa shape index (κ3) is 12.6. The molecule has 0 amide bonds. The topological polar surface area (TPSA) is 80.3 Å². The summed E-state index contributed by atoms with van der Waals surface area (Å²) in [6.07, 6.45) is 8.71. The first-order valence-corrected chi connectivity index (χ1v) is 29.7. The zero-order valence-corrected chi connectivity index (χ0v) is 56.4. The molecule has 0 atom stereocenters. The van der Waals surface area contributed by atoms with Crippen LogP contribution in [0.15, 0.2) is 127 Å². The van der Waals surface area contributed by atoms with Crippen molar-refractivity contribution in [3.05, 3.63) is 189 Å². The van der Waals surface area contributed by atoms with Crippen LogP contribution in [-0.2, 0) is 56.7 Å². The number of hydrogen-bond donors (Lipinski definition) is 0. The Morgan fingerprint density at radius 1 is 0.345 bits per heavy atom. The summed E-state index contributed by atoms with van der Waals surface area (Å²) in [5.74, 6) is -0.327. The molecule has 0 aliphatic carbocycles. The standard InChI is InChI=1S/C77H85N4O2.Zn/c1-20-83-71(82)49-27-23-47(24-28-49)46-21-25-48(26-22-46)67-59-29-31-61(78-59)68(50-37-53(72(2,3)4)43-54(38-50)73(5,6)7)63-33-35-65(80-63)70(52-41-57(76(14,15)16)45-58(42-52)77(17,18)19)66-36-34-64(81-66)69(62-32-30-60(67)79-62)51-39-55(74(8,9)10)44-56(40-51)75(11,12)13;/h21-45H,20H2,1-19H3,(H-,78,79,80,81,82);/q-1;+2/p-1. The maximum Gasteiger partial charge on any atom is 2.00 e. The summed E-state index contributed by atoms with van der Waals surface area (Å²) >= 11 is 0. The third-order valence-corrected chi connectivity index (χ3v) is 16.4. The molecule has 2 aliphatic heterocycles. The van der Waals surface area contributed by atoms with Gasteiger partial charge in [0.15, 0.2) is 0 Å². The fraction of sp³-hybridized carbons (Fsp3) is 0.338. The van der Waals surface area contributed by atoms with Crippen molar-refractivity contribution < 1.29 is 29.0 Å². The van der Waals surface area contributed by atoms with Gasteiger partial charge in [-0.15, -0.1) is 22.1 Å². The fourth-order valence-corrected chi connectivity index (χ4v) is 11.0. The van der Waals surface area contributed by atoms with Gasteiger partial charge in [0.05, 0.1) is 34.9 Å². The van der Waals surface area contributed by atoms with E-state index in [0.29, 0.717) is 12.2 Å². The Balaban J connectivity index is 0.00000846. The molecule has 2 aliphatic rings. The molecule has 5 aromatic carbocycles. The summed E-state index contributed by atoms with van der Waals surface area (Å²) in [7, 11) is 0. The molecule has 0 saturated heterocycles. The predicted octanol–water partition coefficient (Wildman–Crippen LogP) is 20.2. The van der Waals surface area contributed by atoms with Crippen LogP contribution in [0.25, 0.3) is 102 Å². The summed E-state index contributed by atoms with van der Waals surface area (Å²) in [5.41, 5.74) is 23.9. The molecule has 3 aromatic heterocycles.